The molecular weight excluding hydrogens is 264 g/mol. The van der Waals surface area contributed by atoms with E-state index in [1.165, 1.54) is 12.1 Å². The summed E-state index contributed by atoms with van der Waals surface area (Å²) in [7, 11) is -3.55. The van der Waals surface area contributed by atoms with Crippen LogP contribution in [0.3, 0.4) is 0 Å². The lowest BCUT2D eigenvalue weighted by Crippen LogP contribution is -2.38. The Kier molecular flexibility index (Phi) is 3.90. The van der Waals surface area contributed by atoms with Crippen LogP contribution in [0.5, 0.6) is 0 Å². The molecule has 1 aromatic carbocycles. The van der Waals surface area contributed by atoms with Crippen LogP contribution < -0.4 is 4.72 Å². The molecule has 0 radical (unpaired) electrons. The lowest BCUT2D eigenvalue weighted by molar-refractivity contribution is 0.0453. The van der Waals surface area contributed by atoms with Gasteiger partial charge in [0.1, 0.15) is 0 Å². The third-order valence-corrected chi connectivity index (χ3v) is 4.95. The van der Waals surface area contributed by atoms with Crippen molar-refractivity contribution in [2.45, 2.75) is 30.8 Å². The van der Waals surface area contributed by atoms with Gasteiger partial charge in [-0.1, -0.05) is 0 Å². The molecule has 0 amide bonds. The number of rotatable bonds is 4. The summed E-state index contributed by atoms with van der Waals surface area (Å²) in [5.74, 6) is 0.212. The van der Waals surface area contributed by atoms with Gasteiger partial charge in [0.2, 0.25) is 10.0 Å². The highest BCUT2D eigenvalue weighted by Crippen LogP contribution is 2.27. The van der Waals surface area contributed by atoms with E-state index >= 15 is 0 Å². The first-order chi connectivity index (χ1) is 8.92. The molecule has 0 saturated heterocycles. The molecule has 1 saturated carbocycles. The van der Waals surface area contributed by atoms with Crippen LogP contribution in [0.2, 0.25) is 0 Å². The molecule has 102 valence electrons. The topological polar surface area (TPSA) is 90.2 Å². The lowest BCUT2D eigenvalue weighted by atomic mass is 9.83. The zero-order chi connectivity index (χ0) is 14.0. The van der Waals surface area contributed by atoms with Crippen LogP contribution in [0.15, 0.2) is 23.1 Å². The van der Waals surface area contributed by atoms with E-state index in [0.29, 0.717) is 30.5 Å². The third-order valence-electron chi connectivity index (χ3n) is 3.37. The number of aliphatic hydroxyl groups excluding tert-OH is 1. The molecule has 1 aliphatic rings. The minimum Gasteiger partial charge on any atom is -0.393 e. The maximum atomic E-state index is 12.1. The molecule has 0 bridgehead atoms. The Balaban J connectivity index is 2.09. The first kappa shape index (κ1) is 14.0. The number of nitrogens with zero attached hydrogens (tertiary/aromatic N) is 1. The maximum absolute atomic E-state index is 12.1. The van der Waals surface area contributed by atoms with Gasteiger partial charge in [0.25, 0.3) is 0 Å². The Morgan fingerprint density at radius 3 is 2.68 bits per heavy atom. The molecular formula is C13H16N2O3S. The number of benzene rings is 1. The van der Waals surface area contributed by atoms with Crippen molar-refractivity contribution in [1.29, 1.82) is 5.26 Å². The first-order valence-corrected chi connectivity index (χ1v) is 7.59. The minimum atomic E-state index is -3.55. The van der Waals surface area contributed by atoms with Crippen molar-refractivity contribution in [3.05, 3.63) is 29.3 Å². The summed E-state index contributed by atoms with van der Waals surface area (Å²) in [5, 5.41) is 17.9. The van der Waals surface area contributed by atoms with Crippen molar-refractivity contribution in [2.75, 3.05) is 6.54 Å². The Morgan fingerprint density at radius 1 is 1.47 bits per heavy atom. The summed E-state index contributed by atoms with van der Waals surface area (Å²) >= 11 is 0. The SMILES string of the molecule is Cc1cc(C#N)ccc1S(=O)(=O)NCC1CC(O)C1. The molecule has 0 aliphatic heterocycles. The predicted octanol–water partition coefficient (Wildman–Crippen LogP) is 0.916. The van der Waals surface area contributed by atoms with E-state index in [1.807, 2.05) is 6.07 Å². The van der Waals surface area contributed by atoms with Gasteiger partial charge in [-0.2, -0.15) is 5.26 Å². The molecule has 5 nitrogen and oxygen atoms in total. The summed E-state index contributed by atoms with van der Waals surface area (Å²) in [5.41, 5.74) is 0.999. The van der Waals surface area contributed by atoms with E-state index < -0.39 is 10.0 Å². The highest BCUT2D eigenvalue weighted by molar-refractivity contribution is 7.89. The zero-order valence-corrected chi connectivity index (χ0v) is 11.4. The number of nitrogens with one attached hydrogen (secondary N) is 1. The normalized spacial score (nSPS) is 22.6. The molecule has 0 unspecified atom stereocenters. The summed E-state index contributed by atoms with van der Waals surface area (Å²) < 4.78 is 26.8. The lowest BCUT2D eigenvalue weighted by Gasteiger charge is -2.31. The van der Waals surface area contributed by atoms with Crippen molar-refractivity contribution >= 4 is 10.0 Å². The van der Waals surface area contributed by atoms with Crippen LogP contribution in [-0.4, -0.2) is 26.2 Å². The van der Waals surface area contributed by atoms with Crippen molar-refractivity contribution < 1.29 is 13.5 Å². The van der Waals surface area contributed by atoms with Crippen LogP contribution in [0.1, 0.15) is 24.0 Å². The Morgan fingerprint density at radius 2 is 2.16 bits per heavy atom. The molecule has 1 aliphatic carbocycles. The average molecular weight is 280 g/mol. The molecule has 0 spiro atoms. The second kappa shape index (κ2) is 5.29. The van der Waals surface area contributed by atoms with Crippen molar-refractivity contribution in [1.82, 2.24) is 4.72 Å². The van der Waals surface area contributed by atoms with E-state index in [4.69, 9.17) is 10.4 Å². The quantitative estimate of drug-likeness (QED) is 0.858. The number of aryl methyl sites for hydroxylation is 1. The van der Waals surface area contributed by atoms with Gasteiger partial charge in [-0.05, 0) is 49.4 Å². The van der Waals surface area contributed by atoms with Gasteiger partial charge in [-0.15, -0.1) is 0 Å². The number of hydrogen-bond donors (Lipinski definition) is 2. The summed E-state index contributed by atoms with van der Waals surface area (Å²) in [6.07, 6.45) is 1.01. The molecule has 2 rings (SSSR count). The van der Waals surface area contributed by atoms with Gasteiger partial charge in [0.15, 0.2) is 0 Å². The Labute approximate surface area is 112 Å². The predicted molar refractivity (Wildman–Crippen MR) is 69.8 cm³/mol. The monoisotopic (exact) mass is 280 g/mol. The minimum absolute atomic E-state index is 0.200. The van der Waals surface area contributed by atoms with Gasteiger partial charge >= 0.3 is 0 Å². The second-order valence-corrected chi connectivity index (χ2v) is 6.67. The third kappa shape index (κ3) is 3.13. The van der Waals surface area contributed by atoms with Gasteiger partial charge in [-0.3, -0.25) is 0 Å². The standard InChI is InChI=1S/C13H16N2O3S/c1-9-4-10(7-14)2-3-13(9)19(17,18)15-8-11-5-12(16)6-11/h2-4,11-12,15-16H,5-6,8H2,1H3. The smallest absolute Gasteiger partial charge is 0.240 e. The zero-order valence-electron chi connectivity index (χ0n) is 10.6. The van der Waals surface area contributed by atoms with E-state index in [0.717, 1.165) is 0 Å². The molecule has 0 aromatic heterocycles. The molecule has 0 heterocycles. The van der Waals surface area contributed by atoms with Gasteiger partial charge in [-0.25, -0.2) is 13.1 Å². The summed E-state index contributed by atoms with van der Waals surface area (Å²) in [4.78, 5) is 0.200. The van der Waals surface area contributed by atoms with Crippen LogP contribution in [0.25, 0.3) is 0 Å². The van der Waals surface area contributed by atoms with Crippen molar-refractivity contribution in [2.24, 2.45) is 5.92 Å². The fraction of sp³-hybridized carbons (Fsp3) is 0.462. The fourth-order valence-electron chi connectivity index (χ4n) is 2.19. The molecule has 2 N–H and O–H groups in total. The highest BCUT2D eigenvalue weighted by atomic mass is 32.2. The van der Waals surface area contributed by atoms with Crippen LogP contribution in [-0.2, 0) is 10.0 Å². The maximum Gasteiger partial charge on any atom is 0.240 e. The van der Waals surface area contributed by atoms with E-state index in [9.17, 15) is 8.42 Å². The van der Waals surface area contributed by atoms with Gasteiger partial charge in [0.05, 0.1) is 22.6 Å². The number of aliphatic hydroxyl groups is 1. The number of sulfonamides is 1. The van der Waals surface area contributed by atoms with E-state index in [-0.39, 0.29) is 16.9 Å². The molecule has 1 fully saturated rings. The van der Waals surface area contributed by atoms with Crippen molar-refractivity contribution in [3.63, 3.8) is 0 Å². The van der Waals surface area contributed by atoms with E-state index in [2.05, 4.69) is 4.72 Å². The van der Waals surface area contributed by atoms with Crippen LogP contribution >= 0.6 is 0 Å². The Hall–Kier alpha value is -1.42. The molecule has 1 aromatic rings. The Bertz CT molecular complexity index is 613. The van der Waals surface area contributed by atoms with Crippen LogP contribution in [0.4, 0.5) is 0 Å². The summed E-state index contributed by atoms with van der Waals surface area (Å²) in [6, 6.07) is 6.48. The van der Waals surface area contributed by atoms with Gasteiger partial charge in [0, 0.05) is 6.54 Å². The van der Waals surface area contributed by atoms with Gasteiger partial charge < -0.3 is 5.11 Å². The highest BCUT2D eigenvalue weighted by Gasteiger charge is 2.28. The van der Waals surface area contributed by atoms with E-state index in [1.54, 1.807) is 13.0 Å². The second-order valence-electron chi connectivity index (χ2n) is 4.94. The first-order valence-electron chi connectivity index (χ1n) is 6.11. The fourth-order valence-corrected chi connectivity index (χ4v) is 3.53. The van der Waals surface area contributed by atoms with Crippen molar-refractivity contribution in [3.8, 4) is 6.07 Å². The molecule has 19 heavy (non-hydrogen) atoms. The van der Waals surface area contributed by atoms with Crippen LogP contribution in [0, 0.1) is 24.2 Å². The largest absolute Gasteiger partial charge is 0.393 e. The molecule has 0 atom stereocenters. The molecule has 6 heteroatoms. The number of hydrogen-bond acceptors (Lipinski definition) is 4. The average Bonchev–Trinajstić information content (AvgIpc) is 2.32. The summed E-state index contributed by atoms with van der Waals surface area (Å²) in [6.45, 7) is 2.02. The number of nitriles is 1.